The van der Waals surface area contributed by atoms with Gasteiger partial charge in [0.2, 0.25) is 0 Å². The highest BCUT2D eigenvalue weighted by atomic mass is 35.5. The van der Waals surface area contributed by atoms with Gasteiger partial charge in [0.15, 0.2) is 11.5 Å². The van der Waals surface area contributed by atoms with Gasteiger partial charge < -0.3 is 9.47 Å². The highest BCUT2D eigenvalue weighted by Gasteiger charge is 2.07. The molecule has 25 heavy (non-hydrogen) atoms. The van der Waals surface area contributed by atoms with E-state index in [2.05, 4.69) is 15.5 Å². The zero-order valence-electron chi connectivity index (χ0n) is 14.2. The quantitative estimate of drug-likeness (QED) is 0.530. The topological polar surface area (TPSA) is 55.7 Å². The molecule has 1 aromatic heterocycles. The molecule has 3 rings (SSSR count). The van der Waals surface area contributed by atoms with Gasteiger partial charge in [-0.2, -0.15) is 5.10 Å². The van der Waals surface area contributed by atoms with Crippen molar-refractivity contribution in [1.29, 1.82) is 0 Å². The molecule has 0 bridgehead atoms. The second kappa shape index (κ2) is 7.40. The Labute approximate surface area is 151 Å². The number of ether oxygens (including phenoxy) is 2. The molecule has 5 nitrogen and oxygen atoms in total. The minimum atomic E-state index is 0.655. The summed E-state index contributed by atoms with van der Waals surface area (Å²) < 4.78 is 10.6. The van der Waals surface area contributed by atoms with Crippen LogP contribution in [-0.4, -0.2) is 24.9 Å². The first-order chi connectivity index (χ1) is 12.1. The number of nitrogens with one attached hydrogen (secondary N) is 1. The molecule has 0 unspecified atom stereocenters. The number of pyridine rings is 1. The van der Waals surface area contributed by atoms with E-state index < -0.39 is 0 Å². The lowest BCUT2D eigenvalue weighted by Gasteiger charge is -2.10. The highest BCUT2D eigenvalue weighted by molar-refractivity contribution is 6.31. The van der Waals surface area contributed by atoms with Crippen molar-refractivity contribution in [2.45, 2.75) is 6.92 Å². The number of benzene rings is 2. The van der Waals surface area contributed by atoms with Crippen LogP contribution in [0.2, 0.25) is 5.02 Å². The Bertz CT molecular complexity index is 941. The number of aromatic nitrogens is 1. The van der Waals surface area contributed by atoms with E-state index in [9.17, 15) is 0 Å². The van der Waals surface area contributed by atoms with Crippen molar-refractivity contribution in [3.05, 3.63) is 59.2 Å². The molecule has 6 heteroatoms. The summed E-state index contributed by atoms with van der Waals surface area (Å²) in [5.74, 6) is 1.35. The van der Waals surface area contributed by atoms with Crippen molar-refractivity contribution in [1.82, 2.24) is 4.98 Å². The van der Waals surface area contributed by atoms with Crippen LogP contribution >= 0.6 is 11.6 Å². The number of anilines is 1. The number of hydrazone groups is 1. The fraction of sp³-hybridized carbons (Fsp3) is 0.158. The standard InChI is InChI=1S/C19H18ClN3O2/c1-12(13-4-7-18(24-2)19(10-13)25-3)22-23-16-8-9-21-17-11-14(20)5-6-15(16)17/h4-11H,1-3H3,(H,21,23)/b22-12-. The van der Waals surface area contributed by atoms with Gasteiger partial charge in [-0.05, 0) is 49.4 Å². The van der Waals surface area contributed by atoms with Gasteiger partial charge >= 0.3 is 0 Å². The Morgan fingerprint density at radius 2 is 1.84 bits per heavy atom. The van der Waals surface area contributed by atoms with Gasteiger partial charge in [-0.15, -0.1) is 0 Å². The van der Waals surface area contributed by atoms with Crippen LogP contribution in [0.25, 0.3) is 10.9 Å². The predicted molar refractivity (Wildman–Crippen MR) is 102 cm³/mol. The van der Waals surface area contributed by atoms with Crippen LogP contribution in [0, 0.1) is 0 Å². The van der Waals surface area contributed by atoms with Crippen molar-refractivity contribution in [2.75, 3.05) is 19.6 Å². The number of methoxy groups -OCH3 is 2. The summed E-state index contributed by atoms with van der Waals surface area (Å²) in [5, 5.41) is 6.09. The molecule has 128 valence electrons. The second-order valence-corrected chi connectivity index (χ2v) is 5.84. The van der Waals surface area contributed by atoms with E-state index in [0.29, 0.717) is 16.5 Å². The molecule has 0 radical (unpaired) electrons. The van der Waals surface area contributed by atoms with Gasteiger partial charge in [-0.25, -0.2) is 0 Å². The molecule has 0 aliphatic carbocycles. The van der Waals surface area contributed by atoms with Crippen LogP contribution in [0.1, 0.15) is 12.5 Å². The Morgan fingerprint density at radius 3 is 2.60 bits per heavy atom. The van der Waals surface area contributed by atoms with Gasteiger partial charge in [-0.1, -0.05) is 11.6 Å². The van der Waals surface area contributed by atoms with Crippen LogP contribution in [0.3, 0.4) is 0 Å². The zero-order chi connectivity index (χ0) is 17.8. The van der Waals surface area contributed by atoms with E-state index in [4.69, 9.17) is 21.1 Å². The molecule has 0 aliphatic heterocycles. The summed E-state index contributed by atoms with van der Waals surface area (Å²) >= 11 is 6.02. The fourth-order valence-corrected chi connectivity index (χ4v) is 2.65. The van der Waals surface area contributed by atoms with Crippen LogP contribution in [0.15, 0.2) is 53.8 Å². The second-order valence-electron chi connectivity index (χ2n) is 5.40. The van der Waals surface area contributed by atoms with E-state index in [0.717, 1.165) is 27.9 Å². The SMILES string of the molecule is COc1ccc(/C(C)=N\Nc2ccnc3cc(Cl)ccc23)cc1OC. The van der Waals surface area contributed by atoms with Crippen molar-refractivity contribution < 1.29 is 9.47 Å². The molecule has 1 N–H and O–H groups in total. The Kier molecular flexibility index (Phi) is 5.05. The third-order valence-electron chi connectivity index (χ3n) is 3.85. The number of halogens is 1. The molecule has 0 spiro atoms. The third-order valence-corrected chi connectivity index (χ3v) is 4.09. The molecule has 0 fully saturated rings. The Morgan fingerprint density at radius 1 is 1.04 bits per heavy atom. The third kappa shape index (κ3) is 3.67. The van der Waals surface area contributed by atoms with Crippen molar-refractivity contribution in [2.24, 2.45) is 5.10 Å². The Hall–Kier alpha value is -2.79. The molecule has 0 atom stereocenters. The summed E-state index contributed by atoms with van der Waals surface area (Å²) in [6.45, 7) is 1.93. The summed E-state index contributed by atoms with van der Waals surface area (Å²) in [7, 11) is 3.22. The lowest BCUT2D eigenvalue weighted by atomic mass is 10.1. The monoisotopic (exact) mass is 355 g/mol. The minimum absolute atomic E-state index is 0.655. The van der Waals surface area contributed by atoms with Crippen LogP contribution < -0.4 is 14.9 Å². The number of hydrogen-bond donors (Lipinski definition) is 1. The number of rotatable bonds is 5. The first-order valence-corrected chi connectivity index (χ1v) is 8.07. The molecule has 0 saturated carbocycles. The zero-order valence-corrected chi connectivity index (χ0v) is 15.0. The van der Waals surface area contributed by atoms with Crippen molar-refractivity contribution in [3.8, 4) is 11.5 Å². The smallest absolute Gasteiger partial charge is 0.161 e. The number of nitrogens with zero attached hydrogens (tertiary/aromatic N) is 2. The first-order valence-electron chi connectivity index (χ1n) is 7.69. The minimum Gasteiger partial charge on any atom is -0.493 e. The van der Waals surface area contributed by atoms with Crippen molar-refractivity contribution >= 4 is 33.9 Å². The number of hydrogen-bond acceptors (Lipinski definition) is 5. The van der Waals surface area contributed by atoms with E-state index >= 15 is 0 Å². The lowest BCUT2D eigenvalue weighted by molar-refractivity contribution is 0.355. The lowest BCUT2D eigenvalue weighted by Crippen LogP contribution is -2.01. The molecule has 0 saturated heterocycles. The summed E-state index contributed by atoms with van der Waals surface area (Å²) in [5.41, 5.74) is 6.54. The normalized spacial score (nSPS) is 11.4. The molecule has 1 heterocycles. The average molecular weight is 356 g/mol. The average Bonchev–Trinajstić information content (AvgIpc) is 2.65. The van der Waals surface area contributed by atoms with Crippen LogP contribution in [0.5, 0.6) is 11.5 Å². The summed E-state index contributed by atoms with van der Waals surface area (Å²) in [6, 6.07) is 13.2. The summed E-state index contributed by atoms with van der Waals surface area (Å²) in [4.78, 5) is 4.33. The molecule has 0 amide bonds. The largest absolute Gasteiger partial charge is 0.493 e. The van der Waals surface area contributed by atoms with E-state index in [-0.39, 0.29) is 0 Å². The van der Waals surface area contributed by atoms with Gasteiger partial charge in [0.1, 0.15) is 0 Å². The number of fused-ring (bicyclic) bond motifs is 1. The van der Waals surface area contributed by atoms with Crippen molar-refractivity contribution in [3.63, 3.8) is 0 Å². The molecule has 2 aromatic carbocycles. The van der Waals surface area contributed by atoms with Crippen LogP contribution in [-0.2, 0) is 0 Å². The highest BCUT2D eigenvalue weighted by Crippen LogP contribution is 2.28. The van der Waals surface area contributed by atoms with Gasteiger partial charge in [0.25, 0.3) is 0 Å². The molecular weight excluding hydrogens is 338 g/mol. The van der Waals surface area contributed by atoms with E-state index in [1.807, 2.05) is 49.4 Å². The van der Waals surface area contributed by atoms with E-state index in [1.54, 1.807) is 20.4 Å². The van der Waals surface area contributed by atoms with Gasteiger partial charge in [0, 0.05) is 22.2 Å². The van der Waals surface area contributed by atoms with Gasteiger partial charge in [0.05, 0.1) is 31.1 Å². The maximum Gasteiger partial charge on any atom is 0.161 e. The molecule has 0 aliphatic rings. The fourth-order valence-electron chi connectivity index (χ4n) is 2.49. The maximum atomic E-state index is 6.02. The maximum absolute atomic E-state index is 6.02. The summed E-state index contributed by atoms with van der Waals surface area (Å²) in [6.07, 6.45) is 1.72. The van der Waals surface area contributed by atoms with E-state index in [1.165, 1.54) is 0 Å². The van der Waals surface area contributed by atoms with Crippen LogP contribution in [0.4, 0.5) is 5.69 Å². The molecular formula is C19H18ClN3O2. The first kappa shape index (κ1) is 17.0. The predicted octanol–water partition coefficient (Wildman–Crippen LogP) is 4.74. The van der Waals surface area contributed by atoms with Gasteiger partial charge in [-0.3, -0.25) is 10.4 Å². The molecule has 3 aromatic rings. The Balaban J connectivity index is 1.89.